The Kier molecular flexibility index (Phi) is 3.37. The van der Waals surface area contributed by atoms with E-state index >= 15 is 0 Å². The molecule has 1 aromatic rings. The number of aliphatic hydroxyl groups is 3. The Hall–Kier alpha value is -0.840. The van der Waals surface area contributed by atoms with Gasteiger partial charge in [0.1, 0.15) is 5.76 Å². The van der Waals surface area contributed by atoms with Gasteiger partial charge in [0.05, 0.1) is 24.1 Å². The quantitative estimate of drug-likeness (QED) is 0.682. The van der Waals surface area contributed by atoms with Gasteiger partial charge in [0.15, 0.2) is 0 Å². The van der Waals surface area contributed by atoms with Crippen molar-refractivity contribution >= 4 is 0 Å². The number of aliphatic hydroxyl groups excluding tert-OH is 2. The van der Waals surface area contributed by atoms with Crippen LogP contribution < -0.4 is 0 Å². The molecule has 1 aromatic heterocycles. The van der Waals surface area contributed by atoms with Crippen molar-refractivity contribution in [1.29, 1.82) is 0 Å². The van der Waals surface area contributed by atoms with Gasteiger partial charge in [-0.3, -0.25) is 0 Å². The second kappa shape index (κ2) is 4.87. The van der Waals surface area contributed by atoms with Gasteiger partial charge in [-0.05, 0) is 48.5 Å². The molecule has 7 atom stereocenters. The number of fused-ring (bicyclic) bond motifs is 4. The van der Waals surface area contributed by atoms with Gasteiger partial charge in [-0.1, -0.05) is 27.2 Å². The first-order valence-corrected chi connectivity index (χ1v) is 9.26. The lowest BCUT2D eigenvalue weighted by atomic mass is 9.42. The van der Waals surface area contributed by atoms with Gasteiger partial charge in [0.25, 0.3) is 0 Å². The van der Waals surface area contributed by atoms with Gasteiger partial charge in [0.2, 0.25) is 0 Å². The number of hydrogen-bond donors (Lipinski definition) is 3. The summed E-state index contributed by atoms with van der Waals surface area (Å²) in [4.78, 5) is 0. The number of furan rings is 1. The predicted octanol–water partition coefficient (Wildman–Crippen LogP) is 2.84. The zero-order chi connectivity index (χ0) is 17.5. The standard InChI is InChI=1S/C20H30O4/c1-18(2)7-5-8-19(3)12-10-13-11(6-9-24-13)20(4,23)14(12)15(21)16(22)17(18)19/h6,9,12,14-17,21-23H,5,7-8,10H2,1-4H3/t12-,14+,15+,16+,17-,19+,20+/m0/s1. The third-order valence-corrected chi connectivity index (χ3v) is 7.77. The topological polar surface area (TPSA) is 73.8 Å². The normalized spacial score (nSPS) is 49.9. The maximum atomic E-state index is 11.3. The summed E-state index contributed by atoms with van der Waals surface area (Å²) in [5, 5.41) is 33.4. The fourth-order valence-electron chi connectivity index (χ4n) is 6.87. The molecule has 0 amide bonds. The molecule has 4 heteroatoms. The van der Waals surface area contributed by atoms with E-state index in [1.807, 2.05) is 6.07 Å². The molecule has 3 aliphatic rings. The van der Waals surface area contributed by atoms with E-state index in [9.17, 15) is 15.3 Å². The summed E-state index contributed by atoms with van der Waals surface area (Å²) in [6, 6.07) is 1.81. The molecule has 0 radical (unpaired) electrons. The van der Waals surface area contributed by atoms with Crippen LogP contribution in [0.15, 0.2) is 16.7 Å². The molecule has 0 saturated heterocycles. The minimum absolute atomic E-state index is 0.0202. The number of rotatable bonds is 0. The fraction of sp³-hybridized carbons (Fsp3) is 0.800. The van der Waals surface area contributed by atoms with Crippen LogP contribution in [0.5, 0.6) is 0 Å². The van der Waals surface area contributed by atoms with Gasteiger partial charge in [0, 0.05) is 17.9 Å². The molecule has 0 aromatic carbocycles. The van der Waals surface area contributed by atoms with Crippen LogP contribution in [0.3, 0.4) is 0 Å². The van der Waals surface area contributed by atoms with E-state index in [-0.39, 0.29) is 28.6 Å². The molecule has 134 valence electrons. The highest BCUT2D eigenvalue weighted by molar-refractivity contribution is 5.32. The molecule has 4 nitrogen and oxygen atoms in total. The lowest BCUT2D eigenvalue weighted by molar-refractivity contribution is -0.250. The van der Waals surface area contributed by atoms with Crippen LogP contribution in [0.2, 0.25) is 0 Å². The highest BCUT2D eigenvalue weighted by Gasteiger charge is 2.66. The molecule has 1 heterocycles. The van der Waals surface area contributed by atoms with Crippen LogP contribution in [-0.2, 0) is 12.0 Å². The maximum absolute atomic E-state index is 11.3. The molecular formula is C20H30O4. The summed E-state index contributed by atoms with van der Waals surface area (Å²) in [6.07, 6.45) is 3.86. The van der Waals surface area contributed by atoms with Crippen LogP contribution in [0.4, 0.5) is 0 Å². The molecule has 3 aliphatic carbocycles. The first-order valence-electron chi connectivity index (χ1n) is 9.26. The fourth-order valence-corrected chi connectivity index (χ4v) is 6.87. The van der Waals surface area contributed by atoms with Crippen molar-refractivity contribution in [3.05, 3.63) is 23.7 Å². The van der Waals surface area contributed by atoms with Crippen molar-refractivity contribution < 1.29 is 19.7 Å². The Labute approximate surface area is 143 Å². The Balaban J connectivity index is 1.88. The molecule has 4 rings (SSSR count). The van der Waals surface area contributed by atoms with E-state index < -0.39 is 17.8 Å². The molecule has 0 spiro atoms. The van der Waals surface area contributed by atoms with Gasteiger partial charge in [-0.25, -0.2) is 0 Å². The van der Waals surface area contributed by atoms with E-state index in [1.54, 1.807) is 13.2 Å². The first kappa shape index (κ1) is 16.6. The lowest BCUT2D eigenvalue weighted by Crippen LogP contribution is -2.67. The molecule has 2 fully saturated rings. The minimum atomic E-state index is -1.18. The smallest absolute Gasteiger partial charge is 0.110 e. The van der Waals surface area contributed by atoms with Crippen LogP contribution in [0.25, 0.3) is 0 Å². The molecule has 0 unspecified atom stereocenters. The molecule has 0 bridgehead atoms. The van der Waals surface area contributed by atoms with Crippen LogP contribution in [0.1, 0.15) is 58.3 Å². The van der Waals surface area contributed by atoms with E-state index in [0.717, 1.165) is 37.0 Å². The Bertz CT molecular complexity index is 646. The summed E-state index contributed by atoms with van der Waals surface area (Å²) < 4.78 is 5.68. The van der Waals surface area contributed by atoms with Crippen molar-refractivity contribution in [1.82, 2.24) is 0 Å². The van der Waals surface area contributed by atoms with Crippen LogP contribution in [0, 0.1) is 28.6 Å². The van der Waals surface area contributed by atoms with Crippen molar-refractivity contribution in [2.75, 3.05) is 0 Å². The largest absolute Gasteiger partial charge is 0.469 e. The number of hydrogen-bond acceptors (Lipinski definition) is 4. The SMILES string of the molecule is CC1(C)CCC[C@]2(C)[C@H]3Cc4occc4[C@@](C)(O)[C@H]3[C@@H](O)[C@@H](O)[C@@H]12. The third-order valence-electron chi connectivity index (χ3n) is 7.77. The third kappa shape index (κ3) is 1.91. The Morgan fingerprint density at radius 2 is 1.79 bits per heavy atom. The molecule has 2 saturated carbocycles. The van der Waals surface area contributed by atoms with Gasteiger partial charge in [-0.15, -0.1) is 0 Å². The van der Waals surface area contributed by atoms with E-state index in [2.05, 4.69) is 20.8 Å². The van der Waals surface area contributed by atoms with Gasteiger partial charge < -0.3 is 19.7 Å². The summed E-state index contributed by atoms with van der Waals surface area (Å²) in [7, 11) is 0. The highest BCUT2D eigenvalue weighted by atomic mass is 16.3. The highest BCUT2D eigenvalue weighted by Crippen LogP contribution is 2.65. The maximum Gasteiger partial charge on any atom is 0.110 e. The molecular weight excluding hydrogens is 304 g/mol. The van der Waals surface area contributed by atoms with Crippen LogP contribution >= 0.6 is 0 Å². The van der Waals surface area contributed by atoms with Gasteiger partial charge >= 0.3 is 0 Å². The van der Waals surface area contributed by atoms with Crippen molar-refractivity contribution in [2.24, 2.45) is 28.6 Å². The van der Waals surface area contributed by atoms with Gasteiger partial charge in [-0.2, -0.15) is 0 Å². The second-order valence-electron chi connectivity index (χ2n) is 9.55. The monoisotopic (exact) mass is 334 g/mol. The van der Waals surface area contributed by atoms with E-state index in [0.29, 0.717) is 0 Å². The van der Waals surface area contributed by atoms with Crippen molar-refractivity contribution in [3.63, 3.8) is 0 Å². The molecule has 0 aliphatic heterocycles. The Morgan fingerprint density at radius 1 is 1.08 bits per heavy atom. The molecule has 24 heavy (non-hydrogen) atoms. The summed E-state index contributed by atoms with van der Waals surface area (Å²) in [5.74, 6) is 0.609. The summed E-state index contributed by atoms with van der Waals surface area (Å²) in [6.45, 7) is 8.45. The lowest BCUT2D eigenvalue weighted by Gasteiger charge is -2.65. The molecule has 3 N–H and O–H groups in total. The minimum Gasteiger partial charge on any atom is -0.469 e. The predicted molar refractivity (Wildman–Crippen MR) is 90.2 cm³/mol. The average Bonchev–Trinajstić information content (AvgIpc) is 2.93. The zero-order valence-electron chi connectivity index (χ0n) is 15.1. The zero-order valence-corrected chi connectivity index (χ0v) is 15.1. The summed E-state index contributed by atoms with van der Waals surface area (Å²) in [5.41, 5.74) is -0.541. The average molecular weight is 334 g/mol. The van der Waals surface area contributed by atoms with Crippen molar-refractivity contribution in [2.45, 2.75) is 71.2 Å². The second-order valence-corrected chi connectivity index (χ2v) is 9.55. The van der Waals surface area contributed by atoms with E-state index in [1.165, 1.54) is 0 Å². The van der Waals surface area contributed by atoms with Crippen LogP contribution in [-0.4, -0.2) is 27.5 Å². The van der Waals surface area contributed by atoms with E-state index in [4.69, 9.17) is 4.42 Å². The first-order chi connectivity index (χ1) is 11.1. The Morgan fingerprint density at radius 3 is 2.50 bits per heavy atom. The van der Waals surface area contributed by atoms with Crippen molar-refractivity contribution in [3.8, 4) is 0 Å². The summed E-state index contributed by atoms with van der Waals surface area (Å²) >= 11 is 0.